The molecule has 0 fully saturated rings. The van der Waals surface area contributed by atoms with Crippen LogP contribution in [0.2, 0.25) is 0 Å². The number of fused-ring (bicyclic) bond motifs is 1. The SMILES string of the molecule is CCOc1ccc(C(=O)NC2CCCOc3ccccc32)cc1C. The third-order valence-electron chi connectivity index (χ3n) is 4.23. The maximum absolute atomic E-state index is 12.7. The largest absolute Gasteiger partial charge is 0.494 e. The molecule has 0 aromatic heterocycles. The summed E-state index contributed by atoms with van der Waals surface area (Å²) in [5.74, 6) is 1.62. The van der Waals surface area contributed by atoms with Crippen molar-refractivity contribution in [2.24, 2.45) is 0 Å². The molecule has 0 saturated carbocycles. The Balaban J connectivity index is 1.78. The highest BCUT2D eigenvalue weighted by atomic mass is 16.5. The second kappa shape index (κ2) is 7.39. The van der Waals surface area contributed by atoms with E-state index in [-0.39, 0.29) is 11.9 Å². The summed E-state index contributed by atoms with van der Waals surface area (Å²) < 4.78 is 11.3. The number of hydrogen-bond donors (Lipinski definition) is 1. The maximum Gasteiger partial charge on any atom is 0.251 e. The summed E-state index contributed by atoms with van der Waals surface area (Å²) in [5.41, 5.74) is 2.67. The summed E-state index contributed by atoms with van der Waals surface area (Å²) in [6, 6.07) is 13.4. The van der Waals surface area contributed by atoms with Crippen LogP contribution in [0.15, 0.2) is 42.5 Å². The topological polar surface area (TPSA) is 47.6 Å². The second-order valence-electron chi connectivity index (χ2n) is 5.97. The lowest BCUT2D eigenvalue weighted by molar-refractivity contribution is 0.0934. The average molecular weight is 325 g/mol. The zero-order valence-corrected chi connectivity index (χ0v) is 14.2. The summed E-state index contributed by atoms with van der Waals surface area (Å²) in [7, 11) is 0. The van der Waals surface area contributed by atoms with Crippen LogP contribution in [0.5, 0.6) is 11.5 Å². The van der Waals surface area contributed by atoms with Crippen LogP contribution < -0.4 is 14.8 Å². The van der Waals surface area contributed by atoms with Gasteiger partial charge in [-0.1, -0.05) is 18.2 Å². The molecule has 1 aliphatic rings. The summed E-state index contributed by atoms with van der Waals surface area (Å²) in [4.78, 5) is 12.7. The van der Waals surface area contributed by atoms with Crippen LogP contribution in [0, 0.1) is 6.92 Å². The van der Waals surface area contributed by atoms with Crippen LogP contribution in [0.25, 0.3) is 0 Å². The van der Waals surface area contributed by atoms with Crippen LogP contribution in [0.1, 0.15) is 47.3 Å². The number of amides is 1. The molecule has 4 nitrogen and oxygen atoms in total. The maximum atomic E-state index is 12.7. The lowest BCUT2D eigenvalue weighted by atomic mass is 10.0. The molecule has 4 heteroatoms. The third-order valence-corrected chi connectivity index (χ3v) is 4.23. The summed E-state index contributed by atoms with van der Waals surface area (Å²) in [6.45, 7) is 5.21. The first-order valence-electron chi connectivity index (χ1n) is 8.45. The minimum Gasteiger partial charge on any atom is -0.494 e. The minimum absolute atomic E-state index is 0.0249. The van der Waals surface area contributed by atoms with Crippen molar-refractivity contribution in [3.63, 3.8) is 0 Å². The van der Waals surface area contributed by atoms with Crippen molar-refractivity contribution in [3.8, 4) is 11.5 Å². The minimum atomic E-state index is -0.0668. The van der Waals surface area contributed by atoms with Gasteiger partial charge in [0.05, 0.1) is 19.3 Å². The molecular weight excluding hydrogens is 302 g/mol. The van der Waals surface area contributed by atoms with E-state index in [1.807, 2.05) is 56.3 Å². The molecule has 0 bridgehead atoms. The number of nitrogens with one attached hydrogen (secondary N) is 1. The Morgan fingerprint density at radius 3 is 2.92 bits per heavy atom. The number of carbonyl (C=O) groups excluding carboxylic acids is 1. The smallest absolute Gasteiger partial charge is 0.251 e. The van der Waals surface area contributed by atoms with Gasteiger partial charge in [0.15, 0.2) is 0 Å². The van der Waals surface area contributed by atoms with E-state index in [2.05, 4.69) is 5.32 Å². The summed E-state index contributed by atoms with van der Waals surface area (Å²) >= 11 is 0. The highest BCUT2D eigenvalue weighted by molar-refractivity contribution is 5.94. The quantitative estimate of drug-likeness (QED) is 0.923. The second-order valence-corrected chi connectivity index (χ2v) is 5.97. The number of rotatable bonds is 4. The lowest BCUT2D eigenvalue weighted by Crippen LogP contribution is -2.28. The van der Waals surface area contributed by atoms with Gasteiger partial charge < -0.3 is 14.8 Å². The number of hydrogen-bond acceptors (Lipinski definition) is 3. The molecule has 1 atom stereocenters. The fourth-order valence-corrected chi connectivity index (χ4v) is 3.02. The van der Waals surface area contributed by atoms with Crippen LogP contribution in [-0.4, -0.2) is 19.1 Å². The van der Waals surface area contributed by atoms with Gasteiger partial charge in [0, 0.05) is 11.1 Å². The van der Waals surface area contributed by atoms with E-state index < -0.39 is 0 Å². The highest BCUT2D eigenvalue weighted by Crippen LogP contribution is 2.31. The number of ether oxygens (including phenoxy) is 2. The molecule has 126 valence electrons. The number of para-hydroxylation sites is 1. The van der Waals surface area contributed by atoms with Gasteiger partial charge in [-0.15, -0.1) is 0 Å². The van der Waals surface area contributed by atoms with E-state index in [0.29, 0.717) is 18.8 Å². The zero-order chi connectivity index (χ0) is 16.9. The average Bonchev–Trinajstić information content (AvgIpc) is 2.79. The molecule has 1 unspecified atom stereocenters. The molecule has 1 heterocycles. The first kappa shape index (κ1) is 16.4. The van der Waals surface area contributed by atoms with E-state index in [4.69, 9.17) is 9.47 Å². The predicted molar refractivity (Wildman–Crippen MR) is 93.7 cm³/mol. The van der Waals surface area contributed by atoms with Crippen LogP contribution in [0.4, 0.5) is 0 Å². The van der Waals surface area contributed by atoms with Gasteiger partial charge in [0.1, 0.15) is 11.5 Å². The summed E-state index contributed by atoms with van der Waals surface area (Å²) in [5, 5.41) is 3.15. The van der Waals surface area contributed by atoms with Gasteiger partial charge in [0.25, 0.3) is 5.91 Å². The van der Waals surface area contributed by atoms with E-state index in [0.717, 1.165) is 35.5 Å². The fourth-order valence-electron chi connectivity index (χ4n) is 3.02. The fraction of sp³-hybridized carbons (Fsp3) is 0.350. The molecule has 0 radical (unpaired) electrons. The molecule has 0 saturated heterocycles. The van der Waals surface area contributed by atoms with Crippen molar-refractivity contribution < 1.29 is 14.3 Å². The molecule has 2 aromatic carbocycles. The molecule has 2 aromatic rings. The Hall–Kier alpha value is -2.49. The first-order chi connectivity index (χ1) is 11.7. The van der Waals surface area contributed by atoms with E-state index in [9.17, 15) is 4.79 Å². The van der Waals surface area contributed by atoms with E-state index in [1.165, 1.54) is 0 Å². The molecule has 0 aliphatic carbocycles. The van der Waals surface area contributed by atoms with Gasteiger partial charge in [-0.25, -0.2) is 0 Å². The van der Waals surface area contributed by atoms with Gasteiger partial charge in [-0.2, -0.15) is 0 Å². The molecular formula is C20H23NO3. The highest BCUT2D eigenvalue weighted by Gasteiger charge is 2.21. The van der Waals surface area contributed by atoms with Crippen molar-refractivity contribution in [1.82, 2.24) is 5.32 Å². The van der Waals surface area contributed by atoms with Gasteiger partial charge in [0.2, 0.25) is 0 Å². The van der Waals surface area contributed by atoms with E-state index in [1.54, 1.807) is 0 Å². The lowest BCUT2D eigenvalue weighted by Gasteiger charge is -2.19. The van der Waals surface area contributed by atoms with E-state index >= 15 is 0 Å². The molecule has 1 amide bonds. The number of carbonyl (C=O) groups is 1. The van der Waals surface area contributed by atoms with Crippen LogP contribution >= 0.6 is 0 Å². The molecule has 1 aliphatic heterocycles. The van der Waals surface area contributed by atoms with Crippen LogP contribution in [-0.2, 0) is 0 Å². The van der Waals surface area contributed by atoms with Crippen LogP contribution in [0.3, 0.4) is 0 Å². The Labute approximate surface area is 142 Å². The predicted octanol–water partition coefficient (Wildman–Crippen LogP) is 4.04. The summed E-state index contributed by atoms with van der Waals surface area (Å²) in [6.07, 6.45) is 1.79. The first-order valence-corrected chi connectivity index (χ1v) is 8.45. The normalized spacial score (nSPS) is 16.5. The molecule has 3 rings (SSSR count). The van der Waals surface area contributed by atoms with Crippen molar-refractivity contribution in [3.05, 3.63) is 59.2 Å². The molecule has 1 N–H and O–H groups in total. The van der Waals surface area contributed by atoms with Gasteiger partial charge >= 0.3 is 0 Å². The van der Waals surface area contributed by atoms with Crippen molar-refractivity contribution in [2.45, 2.75) is 32.7 Å². The number of benzene rings is 2. The third kappa shape index (κ3) is 3.53. The number of aryl methyl sites for hydroxylation is 1. The Bertz CT molecular complexity index is 727. The van der Waals surface area contributed by atoms with Crippen molar-refractivity contribution in [2.75, 3.05) is 13.2 Å². The van der Waals surface area contributed by atoms with Crippen molar-refractivity contribution >= 4 is 5.91 Å². The van der Waals surface area contributed by atoms with Gasteiger partial charge in [-0.3, -0.25) is 4.79 Å². The Morgan fingerprint density at radius 1 is 1.29 bits per heavy atom. The zero-order valence-electron chi connectivity index (χ0n) is 14.2. The van der Waals surface area contributed by atoms with Crippen molar-refractivity contribution in [1.29, 1.82) is 0 Å². The molecule has 24 heavy (non-hydrogen) atoms. The van der Waals surface area contributed by atoms with Gasteiger partial charge in [-0.05, 0) is 56.5 Å². The monoisotopic (exact) mass is 325 g/mol. The Morgan fingerprint density at radius 2 is 2.12 bits per heavy atom. The molecule has 0 spiro atoms. The standard InChI is InChI=1S/C20H23NO3/c1-3-23-18-11-10-15(13-14(18)2)20(22)21-17-8-6-12-24-19-9-5-4-7-16(17)19/h4-5,7,9-11,13,17H,3,6,8,12H2,1-2H3,(H,21,22). The Kier molecular flexibility index (Phi) is 5.04.